The molecule has 1 aromatic heterocycles. The van der Waals surface area contributed by atoms with Crippen molar-refractivity contribution in [3.05, 3.63) is 27.4 Å². The first-order chi connectivity index (χ1) is 5.24. The molecule has 60 valence electrons. The van der Waals surface area contributed by atoms with E-state index in [1.165, 1.54) is 6.20 Å². The standard InChI is InChI=1S/C7H9ClN2O/c1-2-3-6-9-4-5(8)7(11)10-6/h4H,2-3H2,1H3,(H,9,10,11). The molecule has 1 heterocycles. The smallest absolute Gasteiger partial charge is 0.269 e. The lowest BCUT2D eigenvalue weighted by Gasteiger charge is -1.95. The second-order valence-corrected chi connectivity index (χ2v) is 2.66. The monoisotopic (exact) mass is 172 g/mol. The molecule has 0 aromatic carbocycles. The van der Waals surface area contributed by atoms with Crippen LogP contribution in [0, 0.1) is 0 Å². The summed E-state index contributed by atoms with van der Waals surface area (Å²) in [5.74, 6) is 0.696. The zero-order valence-electron chi connectivity index (χ0n) is 6.22. The van der Waals surface area contributed by atoms with Crippen LogP contribution in [0.15, 0.2) is 11.0 Å². The highest BCUT2D eigenvalue weighted by Gasteiger charge is 1.97. The average molecular weight is 173 g/mol. The highest BCUT2D eigenvalue weighted by atomic mass is 35.5. The van der Waals surface area contributed by atoms with Gasteiger partial charge in [0.1, 0.15) is 10.8 Å². The number of aromatic amines is 1. The third-order valence-electron chi connectivity index (χ3n) is 1.30. The van der Waals surface area contributed by atoms with Gasteiger partial charge in [0.15, 0.2) is 0 Å². The van der Waals surface area contributed by atoms with Gasteiger partial charge in [0.05, 0.1) is 6.20 Å². The largest absolute Gasteiger partial charge is 0.309 e. The number of H-pyrrole nitrogens is 1. The molecule has 0 radical (unpaired) electrons. The molecule has 0 aliphatic heterocycles. The minimum atomic E-state index is -0.259. The zero-order valence-corrected chi connectivity index (χ0v) is 6.98. The van der Waals surface area contributed by atoms with Gasteiger partial charge in [0, 0.05) is 6.42 Å². The van der Waals surface area contributed by atoms with E-state index in [1.807, 2.05) is 6.92 Å². The highest BCUT2D eigenvalue weighted by molar-refractivity contribution is 6.30. The summed E-state index contributed by atoms with van der Waals surface area (Å²) >= 11 is 5.47. The molecule has 0 fully saturated rings. The van der Waals surface area contributed by atoms with Gasteiger partial charge < -0.3 is 4.98 Å². The first kappa shape index (κ1) is 8.27. The molecule has 0 atom stereocenters. The van der Waals surface area contributed by atoms with Gasteiger partial charge in [-0.25, -0.2) is 4.98 Å². The molecule has 4 heteroatoms. The highest BCUT2D eigenvalue weighted by Crippen LogP contribution is 1.97. The van der Waals surface area contributed by atoms with Crippen molar-refractivity contribution in [2.45, 2.75) is 19.8 Å². The number of hydrogen-bond donors (Lipinski definition) is 1. The van der Waals surface area contributed by atoms with Gasteiger partial charge >= 0.3 is 0 Å². The molecule has 0 saturated carbocycles. The number of halogens is 1. The van der Waals surface area contributed by atoms with Gasteiger partial charge in [-0.2, -0.15) is 0 Å². The van der Waals surface area contributed by atoms with Crippen molar-refractivity contribution < 1.29 is 0 Å². The number of hydrogen-bond acceptors (Lipinski definition) is 2. The SMILES string of the molecule is CCCc1ncc(Cl)c(=O)[nH]1. The summed E-state index contributed by atoms with van der Waals surface area (Å²) in [6, 6.07) is 0. The number of nitrogens with one attached hydrogen (secondary N) is 1. The quantitative estimate of drug-likeness (QED) is 0.733. The number of aryl methyl sites for hydroxylation is 1. The van der Waals surface area contributed by atoms with Crippen molar-refractivity contribution in [1.29, 1.82) is 0 Å². The van der Waals surface area contributed by atoms with Gasteiger partial charge in [-0.3, -0.25) is 4.79 Å². The third kappa shape index (κ3) is 2.05. The van der Waals surface area contributed by atoms with Gasteiger partial charge in [-0.1, -0.05) is 18.5 Å². The molecule has 1 rings (SSSR count). The summed E-state index contributed by atoms with van der Waals surface area (Å²) < 4.78 is 0. The maximum atomic E-state index is 10.9. The third-order valence-corrected chi connectivity index (χ3v) is 1.56. The molecule has 1 aromatic rings. The second kappa shape index (κ2) is 3.53. The summed E-state index contributed by atoms with van der Waals surface area (Å²) in [6.07, 6.45) is 3.13. The van der Waals surface area contributed by atoms with Gasteiger partial charge in [-0.05, 0) is 6.42 Å². The molecule has 0 bridgehead atoms. The molecule has 0 spiro atoms. The van der Waals surface area contributed by atoms with Crippen molar-refractivity contribution in [2.75, 3.05) is 0 Å². The molecule has 0 aliphatic rings. The molecule has 0 amide bonds. The topological polar surface area (TPSA) is 45.8 Å². The van der Waals surface area contributed by atoms with E-state index >= 15 is 0 Å². The Morgan fingerprint density at radius 2 is 2.45 bits per heavy atom. The van der Waals surface area contributed by atoms with Crippen molar-refractivity contribution >= 4 is 11.6 Å². The summed E-state index contributed by atoms with van der Waals surface area (Å²) in [6.45, 7) is 2.02. The molecular formula is C7H9ClN2O. The number of rotatable bonds is 2. The van der Waals surface area contributed by atoms with Crippen molar-refractivity contribution in [3.8, 4) is 0 Å². The van der Waals surface area contributed by atoms with Crippen LogP contribution in [0.25, 0.3) is 0 Å². The lowest BCUT2D eigenvalue weighted by Crippen LogP contribution is -2.10. The fraction of sp³-hybridized carbons (Fsp3) is 0.429. The van der Waals surface area contributed by atoms with E-state index in [4.69, 9.17) is 11.6 Å². The normalized spacial score (nSPS) is 10.0. The fourth-order valence-corrected chi connectivity index (χ4v) is 0.876. The Balaban J connectivity index is 2.96. The molecule has 1 N–H and O–H groups in total. The lowest BCUT2D eigenvalue weighted by molar-refractivity contribution is 0.825. The summed E-state index contributed by atoms with van der Waals surface area (Å²) in [5.41, 5.74) is -0.259. The predicted molar refractivity (Wildman–Crippen MR) is 43.9 cm³/mol. The van der Waals surface area contributed by atoms with E-state index in [-0.39, 0.29) is 10.6 Å². The van der Waals surface area contributed by atoms with Crippen LogP contribution >= 0.6 is 11.6 Å². The molecule has 0 aliphatic carbocycles. The average Bonchev–Trinajstić information content (AvgIpc) is 1.98. The lowest BCUT2D eigenvalue weighted by atomic mass is 10.3. The predicted octanol–water partition coefficient (Wildman–Crippen LogP) is 1.38. The van der Waals surface area contributed by atoms with Crippen LogP contribution in [0.2, 0.25) is 5.02 Å². The maximum Gasteiger partial charge on any atom is 0.269 e. The van der Waals surface area contributed by atoms with Crippen molar-refractivity contribution in [1.82, 2.24) is 9.97 Å². The van der Waals surface area contributed by atoms with E-state index in [2.05, 4.69) is 9.97 Å². The van der Waals surface area contributed by atoms with Crippen LogP contribution in [0.1, 0.15) is 19.2 Å². The minimum absolute atomic E-state index is 0.143. The Kier molecular flexibility index (Phi) is 2.65. The Bertz CT molecular complexity index is 295. The van der Waals surface area contributed by atoms with Crippen LogP contribution in [0.5, 0.6) is 0 Å². The first-order valence-corrected chi connectivity index (χ1v) is 3.85. The van der Waals surface area contributed by atoms with Crippen LogP contribution in [-0.4, -0.2) is 9.97 Å². The molecule has 11 heavy (non-hydrogen) atoms. The number of aromatic nitrogens is 2. The van der Waals surface area contributed by atoms with Crippen LogP contribution in [0.3, 0.4) is 0 Å². The van der Waals surface area contributed by atoms with Crippen molar-refractivity contribution in [3.63, 3.8) is 0 Å². The molecule has 3 nitrogen and oxygen atoms in total. The van der Waals surface area contributed by atoms with Gasteiger partial charge in [0.2, 0.25) is 0 Å². The van der Waals surface area contributed by atoms with Gasteiger partial charge in [0.25, 0.3) is 5.56 Å². The van der Waals surface area contributed by atoms with Crippen LogP contribution in [-0.2, 0) is 6.42 Å². The van der Waals surface area contributed by atoms with E-state index < -0.39 is 0 Å². The Morgan fingerprint density at radius 3 is 3.00 bits per heavy atom. The summed E-state index contributed by atoms with van der Waals surface area (Å²) in [5, 5.41) is 0.143. The summed E-state index contributed by atoms with van der Waals surface area (Å²) in [4.78, 5) is 17.4. The van der Waals surface area contributed by atoms with E-state index in [0.717, 1.165) is 12.8 Å². The van der Waals surface area contributed by atoms with Crippen LogP contribution in [0.4, 0.5) is 0 Å². The Morgan fingerprint density at radius 1 is 1.73 bits per heavy atom. The second-order valence-electron chi connectivity index (χ2n) is 2.26. The first-order valence-electron chi connectivity index (χ1n) is 3.47. The fourth-order valence-electron chi connectivity index (χ4n) is 0.780. The Labute approximate surface area is 69.4 Å². The van der Waals surface area contributed by atoms with E-state index in [9.17, 15) is 4.79 Å². The zero-order chi connectivity index (χ0) is 8.27. The maximum absolute atomic E-state index is 10.9. The number of nitrogens with zero attached hydrogens (tertiary/aromatic N) is 1. The van der Waals surface area contributed by atoms with E-state index in [0.29, 0.717) is 5.82 Å². The Hall–Kier alpha value is -0.830. The molecule has 0 unspecified atom stereocenters. The van der Waals surface area contributed by atoms with Crippen molar-refractivity contribution in [2.24, 2.45) is 0 Å². The minimum Gasteiger partial charge on any atom is -0.309 e. The summed E-state index contributed by atoms with van der Waals surface area (Å²) in [7, 11) is 0. The molecule has 0 saturated heterocycles. The van der Waals surface area contributed by atoms with Crippen LogP contribution < -0.4 is 5.56 Å². The van der Waals surface area contributed by atoms with E-state index in [1.54, 1.807) is 0 Å². The molecular weight excluding hydrogens is 164 g/mol. The van der Waals surface area contributed by atoms with Gasteiger partial charge in [-0.15, -0.1) is 0 Å².